The Labute approximate surface area is 262 Å². The molecule has 7 nitrogen and oxygen atoms in total. The molecule has 1 aliphatic heterocycles. The summed E-state index contributed by atoms with van der Waals surface area (Å²) in [5.74, 6) is 0.676. The first-order chi connectivity index (χ1) is 20.8. The standard InChI is InChI=1S/C33H36ClN3O4S2/c1-43(39,40)28-14-12-27(13-15-28)30-31(34)42-32(35-30)36-33(38)37(20-16-24-18-22-41-23-19-24)21-17-29(25-8-4-2-5-9-25)26-10-6-3-7-11-26/h2-15,24,29H,16-23H2,1H3,(H,35,36,38). The molecule has 10 heteroatoms. The minimum atomic E-state index is -3.31. The van der Waals surface area contributed by atoms with E-state index in [0.717, 1.165) is 38.9 Å². The molecule has 0 saturated carbocycles. The monoisotopic (exact) mass is 637 g/mol. The number of amides is 2. The first kappa shape index (κ1) is 31.2. The molecule has 0 unspecified atom stereocenters. The van der Waals surface area contributed by atoms with Crippen LogP contribution in [0, 0.1) is 5.92 Å². The third-order valence-electron chi connectivity index (χ3n) is 7.88. The van der Waals surface area contributed by atoms with Gasteiger partial charge in [-0.15, -0.1) is 0 Å². The number of nitrogens with zero attached hydrogens (tertiary/aromatic N) is 2. The fourth-order valence-corrected chi connectivity index (χ4v) is 7.14. The van der Waals surface area contributed by atoms with E-state index in [1.807, 2.05) is 17.0 Å². The number of anilines is 1. The molecule has 1 saturated heterocycles. The molecule has 1 N–H and O–H groups in total. The number of hydrogen-bond donors (Lipinski definition) is 1. The first-order valence-corrected chi connectivity index (χ1v) is 17.6. The number of sulfone groups is 1. The number of aromatic nitrogens is 1. The van der Waals surface area contributed by atoms with Crippen molar-refractivity contribution in [3.05, 3.63) is 100 Å². The molecule has 0 spiro atoms. The number of ether oxygens (including phenoxy) is 1. The summed E-state index contributed by atoms with van der Waals surface area (Å²) in [6, 6.07) is 27.0. The van der Waals surface area contributed by atoms with Gasteiger partial charge >= 0.3 is 6.03 Å². The van der Waals surface area contributed by atoms with Crippen LogP contribution in [0.3, 0.4) is 0 Å². The van der Waals surface area contributed by atoms with Crippen LogP contribution in [0.25, 0.3) is 11.3 Å². The van der Waals surface area contributed by atoms with E-state index in [1.54, 1.807) is 12.1 Å². The number of rotatable bonds is 11. The third-order valence-corrected chi connectivity index (χ3v) is 10.2. The summed E-state index contributed by atoms with van der Waals surface area (Å²) in [7, 11) is -3.31. The van der Waals surface area contributed by atoms with Crippen LogP contribution in [0.15, 0.2) is 89.8 Å². The molecule has 1 fully saturated rings. The van der Waals surface area contributed by atoms with E-state index in [2.05, 4.69) is 58.8 Å². The van der Waals surface area contributed by atoms with Crippen LogP contribution < -0.4 is 5.32 Å². The summed E-state index contributed by atoms with van der Waals surface area (Å²) in [6.45, 7) is 2.74. The Morgan fingerprint density at radius 1 is 0.977 bits per heavy atom. The highest BCUT2D eigenvalue weighted by molar-refractivity contribution is 7.90. The Bertz CT molecular complexity index is 1550. The summed E-state index contributed by atoms with van der Waals surface area (Å²) < 4.78 is 29.7. The molecule has 0 aliphatic carbocycles. The van der Waals surface area contributed by atoms with Crippen molar-refractivity contribution in [1.29, 1.82) is 0 Å². The molecular weight excluding hydrogens is 602 g/mol. The maximum Gasteiger partial charge on any atom is 0.323 e. The smallest absolute Gasteiger partial charge is 0.323 e. The van der Waals surface area contributed by atoms with Gasteiger partial charge in [-0.25, -0.2) is 18.2 Å². The second-order valence-electron chi connectivity index (χ2n) is 10.9. The average molecular weight is 638 g/mol. The number of halogens is 1. The zero-order chi connectivity index (χ0) is 30.2. The van der Waals surface area contributed by atoms with Crippen molar-refractivity contribution in [3.63, 3.8) is 0 Å². The molecule has 3 aromatic carbocycles. The summed E-state index contributed by atoms with van der Waals surface area (Å²) >= 11 is 7.72. The zero-order valence-electron chi connectivity index (χ0n) is 24.1. The molecule has 5 rings (SSSR count). The van der Waals surface area contributed by atoms with Gasteiger partial charge in [0, 0.05) is 44.0 Å². The van der Waals surface area contributed by atoms with Gasteiger partial charge in [0.15, 0.2) is 15.0 Å². The molecule has 0 bridgehead atoms. The predicted octanol–water partition coefficient (Wildman–Crippen LogP) is 7.74. The summed E-state index contributed by atoms with van der Waals surface area (Å²) in [5, 5.41) is 3.39. The number of hydrogen-bond acceptors (Lipinski definition) is 6. The lowest BCUT2D eigenvalue weighted by molar-refractivity contribution is 0.0614. The zero-order valence-corrected chi connectivity index (χ0v) is 26.5. The van der Waals surface area contributed by atoms with E-state index < -0.39 is 9.84 Å². The molecule has 0 radical (unpaired) electrons. The Morgan fingerprint density at radius 3 is 2.16 bits per heavy atom. The van der Waals surface area contributed by atoms with Gasteiger partial charge in [-0.3, -0.25) is 5.32 Å². The molecule has 226 valence electrons. The topological polar surface area (TPSA) is 88.6 Å². The largest absolute Gasteiger partial charge is 0.381 e. The molecule has 2 heterocycles. The van der Waals surface area contributed by atoms with Crippen molar-refractivity contribution in [3.8, 4) is 11.3 Å². The van der Waals surface area contributed by atoms with Crippen molar-refractivity contribution >= 4 is 43.9 Å². The number of carbonyl (C=O) groups excluding carboxylic acids is 1. The summed E-state index contributed by atoms with van der Waals surface area (Å²) in [4.78, 5) is 20.4. The summed E-state index contributed by atoms with van der Waals surface area (Å²) in [5.41, 5.74) is 3.62. The molecule has 1 aliphatic rings. The first-order valence-electron chi connectivity index (χ1n) is 14.5. The van der Waals surface area contributed by atoms with Crippen LogP contribution in [0.5, 0.6) is 0 Å². The van der Waals surface area contributed by atoms with Gasteiger partial charge in [-0.2, -0.15) is 0 Å². The van der Waals surface area contributed by atoms with Gasteiger partial charge in [0.1, 0.15) is 10.0 Å². The molecule has 4 aromatic rings. The lowest BCUT2D eigenvalue weighted by Gasteiger charge is -2.29. The fraction of sp³-hybridized carbons (Fsp3) is 0.333. The van der Waals surface area contributed by atoms with Crippen molar-refractivity contribution in [2.75, 3.05) is 37.9 Å². The van der Waals surface area contributed by atoms with Crippen molar-refractivity contribution in [2.45, 2.75) is 36.5 Å². The fourth-order valence-electron chi connectivity index (χ4n) is 5.43. The Morgan fingerprint density at radius 2 is 1.58 bits per heavy atom. The minimum Gasteiger partial charge on any atom is -0.381 e. The van der Waals surface area contributed by atoms with Crippen LogP contribution in [-0.4, -0.2) is 56.9 Å². The van der Waals surface area contributed by atoms with Gasteiger partial charge in [0.25, 0.3) is 0 Å². The molecule has 1 aromatic heterocycles. The highest BCUT2D eigenvalue weighted by Crippen LogP contribution is 2.36. The quantitative estimate of drug-likeness (QED) is 0.182. The van der Waals surface area contributed by atoms with E-state index in [-0.39, 0.29) is 16.8 Å². The normalized spacial score (nSPS) is 14.1. The van der Waals surface area contributed by atoms with Crippen molar-refractivity contribution in [2.24, 2.45) is 5.92 Å². The van der Waals surface area contributed by atoms with Gasteiger partial charge in [-0.05, 0) is 54.9 Å². The number of benzene rings is 3. The Hall–Kier alpha value is -3.24. The number of carbonyl (C=O) groups is 1. The highest BCUT2D eigenvalue weighted by atomic mass is 35.5. The molecule has 43 heavy (non-hydrogen) atoms. The second kappa shape index (κ2) is 14.5. The van der Waals surface area contributed by atoms with E-state index in [0.29, 0.717) is 39.7 Å². The molecule has 0 atom stereocenters. The maximum atomic E-state index is 13.7. The molecular formula is C33H36ClN3O4S2. The van der Waals surface area contributed by atoms with E-state index in [4.69, 9.17) is 16.3 Å². The number of urea groups is 1. The van der Waals surface area contributed by atoms with E-state index >= 15 is 0 Å². The predicted molar refractivity (Wildman–Crippen MR) is 174 cm³/mol. The SMILES string of the molecule is CS(=O)(=O)c1ccc(-c2nc(NC(=O)N(CCC3CCOCC3)CCC(c3ccccc3)c3ccccc3)sc2Cl)cc1. The van der Waals surface area contributed by atoms with Gasteiger partial charge in [0.05, 0.1) is 4.90 Å². The van der Waals surface area contributed by atoms with Crippen molar-refractivity contribution in [1.82, 2.24) is 9.88 Å². The van der Waals surface area contributed by atoms with Crippen LogP contribution in [0.1, 0.15) is 42.7 Å². The second-order valence-corrected chi connectivity index (χ2v) is 14.5. The lowest BCUT2D eigenvalue weighted by Crippen LogP contribution is -2.38. The summed E-state index contributed by atoms with van der Waals surface area (Å²) in [6.07, 6.45) is 4.87. The Kier molecular flexibility index (Phi) is 10.5. The van der Waals surface area contributed by atoms with Crippen LogP contribution in [0.4, 0.5) is 9.93 Å². The average Bonchev–Trinajstić information content (AvgIpc) is 3.39. The maximum absolute atomic E-state index is 13.7. The van der Waals surface area contributed by atoms with Crippen LogP contribution in [0.2, 0.25) is 4.34 Å². The van der Waals surface area contributed by atoms with Crippen molar-refractivity contribution < 1.29 is 17.9 Å². The molecule has 2 amide bonds. The highest BCUT2D eigenvalue weighted by Gasteiger charge is 2.23. The van der Waals surface area contributed by atoms with Gasteiger partial charge in [-0.1, -0.05) is 95.7 Å². The van der Waals surface area contributed by atoms with E-state index in [9.17, 15) is 13.2 Å². The minimum absolute atomic E-state index is 0.150. The van der Waals surface area contributed by atoms with Gasteiger partial charge in [0.2, 0.25) is 0 Å². The van der Waals surface area contributed by atoms with E-state index in [1.165, 1.54) is 40.9 Å². The van der Waals surface area contributed by atoms with Crippen LogP contribution in [-0.2, 0) is 14.6 Å². The Balaban J connectivity index is 1.33. The number of thiazole rings is 1. The van der Waals surface area contributed by atoms with Crippen LogP contribution >= 0.6 is 22.9 Å². The van der Waals surface area contributed by atoms with Gasteiger partial charge < -0.3 is 9.64 Å². The third kappa shape index (κ3) is 8.44. The lowest BCUT2D eigenvalue weighted by atomic mass is 9.88. The number of nitrogens with one attached hydrogen (secondary N) is 1.